The van der Waals surface area contributed by atoms with Gasteiger partial charge in [-0.3, -0.25) is 9.79 Å². The number of rotatable bonds is 8. The number of carbonyl (C=O) groups excluding carboxylic acids is 1. The first-order chi connectivity index (χ1) is 14.2. The molecular weight excluding hydrogens is 491 g/mol. The van der Waals surface area contributed by atoms with Crippen molar-refractivity contribution in [3.8, 4) is 0 Å². The Balaban J connectivity index is 0.00000320. The molecule has 0 atom stereocenters. The fourth-order valence-electron chi connectivity index (χ4n) is 4.46. The summed E-state index contributed by atoms with van der Waals surface area (Å²) >= 11 is 0. The number of nitrogens with zero attached hydrogens (tertiary/aromatic N) is 2. The first-order valence-corrected chi connectivity index (χ1v) is 11.6. The molecule has 1 saturated heterocycles. The lowest BCUT2D eigenvalue weighted by Crippen LogP contribution is -2.52. The van der Waals surface area contributed by atoms with E-state index < -0.39 is 0 Å². The molecule has 0 radical (unpaired) electrons. The van der Waals surface area contributed by atoms with Crippen LogP contribution in [0.25, 0.3) is 0 Å². The third-order valence-electron chi connectivity index (χ3n) is 6.39. The van der Waals surface area contributed by atoms with Gasteiger partial charge in [0.05, 0.1) is 6.26 Å². The number of carbonyl (C=O) groups is 1. The van der Waals surface area contributed by atoms with E-state index in [1.165, 1.54) is 25.7 Å². The molecule has 1 aliphatic heterocycles. The molecule has 3 rings (SSSR count). The molecule has 2 N–H and O–H groups in total. The van der Waals surface area contributed by atoms with Crippen molar-refractivity contribution in [2.75, 3.05) is 19.6 Å². The highest BCUT2D eigenvalue weighted by Crippen LogP contribution is 2.19. The Kier molecular flexibility index (Phi) is 11.0. The van der Waals surface area contributed by atoms with E-state index in [2.05, 4.69) is 29.4 Å². The number of hydrogen-bond acceptors (Lipinski definition) is 3. The zero-order valence-electron chi connectivity index (χ0n) is 18.6. The maximum Gasteiger partial charge on any atom is 0.225 e. The summed E-state index contributed by atoms with van der Waals surface area (Å²) in [4.78, 5) is 19.5. The molecule has 0 aromatic carbocycles. The van der Waals surface area contributed by atoms with Gasteiger partial charge in [0.15, 0.2) is 5.96 Å². The summed E-state index contributed by atoms with van der Waals surface area (Å²) in [6, 6.07) is 4.82. The molecule has 170 valence electrons. The Bertz CT molecular complexity index is 632. The van der Waals surface area contributed by atoms with E-state index in [1.807, 2.05) is 12.1 Å². The van der Waals surface area contributed by atoms with Gasteiger partial charge >= 0.3 is 0 Å². The van der Waals surface area contributed by atoms with Gasteiger partial charge in [0.2, 0.25) is 5.91 Å². The van der Waals surface area contributed by atoms with Gasteiger partial charge < -0.3 is 20.0 Å². The first kappa shape index (κ1) is 25.0. The SMILES string of the molecule is CCC(CC)C(=O)N1CCC(NC(=NCCc2ccco2)NC2CCCC2)CC1.I. The molecule has 2 fully saturated rings. The van der Waals surface area contributed by atoms with Crippen LogP contribution < -0.4 is 10.6 Å². The average Bonchev–Trinajstić information content (AvgIpc) is 3.43. The van der Waals surface area contributed by atoms with Gasteiger partial charge in [-0.15, -0.1) is 24.0 Å². The molecule has 2 heterocycles. The van der Waals surface area contributed by atoms with E-state index in [-0.39, 0.29) is 29.9 Å². The number of piperidine rings is 1. The minimum atomic E-state index is 0. The van der Waals surface area contributed by atoms with Crippen LogP contribution in [0.1, 0.15) is 71.0 Å². The number of hydrogen-bond donors (Lipinski definition) is 2. The summed E-state index contributed by atoms with van der Waals surface area (Å²) in [6.07, 6.45) is 11.4. The van der Waals surface area contributed by atoms with E-state index in [4.69, 9.17) is 9.41 Å². The lowest BCUT2D eigenvalue weighted by molar-refractivity contribution is -0.136. The molecule has 0 spiro atoms. The average molecular weight is 530 g/mol. The topological polar surface area (TPSA) is 69.9 Å². The van der Waals surface area contributed by atoms with Gasteiger partial charge in [-0.05, 0) is 50.7 Å². The number of amides is 1. The second kappa shape index (κ2) is 13.2. The Morgan fingerprint density at radius 2 is 1.77 bits per heavy atom. The predicted molar refractivity (Wildman–Crippen MR) is 132 cm³/mol. The van der Waals surface area contributed by atoms with Gasteiger partial charge in [-0.25, -0.2) is 0 Å². The fraction of sp³-hybridized carbons (Fsp3) is 0.739. The quantitative estimate of drug-likeness (QED) is 0.298. The van der Waals surface area contributed by atoms with Gasteiger partial charge in [-0.1, -0.05) is 26.7 Å². The normalized spacial score (nSPS) is 18.5. The zero-order valence-corrected chi connectivity index (χ0v) is 20.9. The van der Waals surface area contributed by atoms with Gasteiger partial charge in [-0.2, -0.15) is 0 Å². The van der Waals surface area contributed by atoms with Crippen molar-refractivity contribution in [1.82, 2.24) is 15.5 Å². The number of aliphatic imine (C=N–C) groups is 1. The van der Waals surface area contributed by atoms with E-state index in [0.29, 0.717) is 24.5 Å². The van der Waals surface area contributed by atoms with E-state index in [0.717, 1.165) is 56.9 Å². The molecular formula is C23H39IN4O2. The maximum atomic E-state index is 12.6. The lowest BCUT2D eigenvalue weighted by atomic mass is 9.98. The standard InChI is InChI=1S/C23H38N4O2.HI/c1-3-18(4-2)22(28)27-15-12-20(13-16-27)26-23(25-19-8-5-6-9-19)24-14-11-21-10-7-17-29-21;/h7,10,17-20H,3-6,8-9,11-16H2,1-2H3,(H2,24,25,26);1H. The second-order valence-electron chi connectivity index (χ2n) is 8.44. The predicted octanol–water partition coefficient (Wildman–Crippen LogP) is 4.35. The molecule has 2 aliphatic rings. The smallest absolute Gasteiger partial charge is 0.225 e. The molecule has 6 nitrogen and oxygen atoms in total. The van der Waals surface area contributed by atoms with E-state index in [1.54, 1.807) is 6.26 Å². The summed E-state index contributed by atoms with van der Waals surface area (Å²) in [5.41, 5.74) is 0. The summed E-state index contributed by atoms with van der Waals surface area (Å²) in [7, 11) is 0. The van der Waals surface area contributed by atoms with Crippen molar-refractivity contribution in [3.05, 3.63) is 24.2 Å². The molecule has 7 heteroatoms. The number of furan rings is 1. The number of guanidine groups is 1. The van der Waals surface area contributed by atoms with Crippen LogP contribution in [0.4, 0.5) is 0 Å². The molecule has 30 heavy (non-hydrogen) atoms. The van der Waals surface area contributed by atoms with Gasteiger partial charge in [0, 0.05) is 44.1 Å². The van der Waals surface area contributed by atoms with Crippen LogP contribution in [0.15, 0.2) is 27.8 Å². The van der Waals surface area contributed by atoms with Gasteiger partial charge in [0.1, 0.15) is 5.76 Å². The Morgan fingerprint density at radius 3 is 2.33 bits per heavy atom. The van der Waals surface area contributed by atoms with Crippen LogP contribution >= 0.6 is 24.0 Å². The molecule has 1 saturated carbocycles. The molecule has 1 aromatic heterocycles. The minimum absolute atomic E-state index is 0. The lowest BCUT2D eigenvalue weighted by Gasteiger charge is -2.35. The molecule has 1 aliphatic carbocycles. The van der Waals surface area contributed by atoms with E-state index in [9.17, 15) is 4.79 Å². The highest BCUT2D eigenvalue weighted by atomic mass is 127. The van der Waals surface area contributed by atoms with Crippen molar-refractivity contribution >= 4 is 35.8 Å². The Labute approximate surface area is 198 Å². The summed E-state index contributed by atoms with van der Waals surface area (Å²) in [5.74, 6) is 2.42. The first-order valence-electron chi connectivity index (χ1n) is 11.6. The van der Waals surface area contributed by atoms with Crippen molar-refractivity contribution in [3.63, 3.8) is 0 Å². The number of likely N-dealkylation sites (tertiary alicyclic amines) is 1. The van der Waals surface area contributed by atoms with Crippen molar-refractivity contribution in [2.45, 2.75) is 83.7 Å². The summed E-state index contributed by atoms with van der Waals surface area (Å²) in [5, 5.41) is 7.29. The third kappa shape index (κ3) is 7.46. The molecule has 0 unspecified atom stereocenters. The monoisotopic (exact) mass is 530 g/mol. The summed E-state index contributed by atoms with van der Waals surface area (Å²) < 4.78 is 5.42. The zero-order chi connectivity index (χ0) is 20.5. The largest absolute Gasteiger partial charge is 0.469 e. The highest BCUT2D eigenvalue weighted by Gasteiger charge is 2.27. The van der Waals surface area contributed by atoms with Crippen LogP contribution in [0, 0.1) is 5.92 Å². The molecule has 1 aromatic rings. The van der Waals surface area contributed by atoms with Gasteiger partial charge in [0.25, 0.3) is 0 Å². The van der Waals surface area contributed by atoms with Crippen molar-refractivity contribution in [2.24, 2.45) is 10.9 Å². The Hall–Kier alpha value is -1.25. The van der Waals surface area contributed by atoms with Crippen molar-refractivity contribution in [1.29, 1.82) is 0 Å². The third-order valence-corrected chi connectivity index (χ3v) is 6.39. The van der Waals surface area contributed by atoms with Crippen LogP contribution in [0.2, 0.25) is 0 Å². The van der Waals surface area contributed by atoms with Crippen LogP contribution in [-0.2, 0) is 11.2 Å². The van der Waals surface area contributed by atoms with Crippen molar-refractivity contribution < 1.29 is 9.21 Å². The van der Waals surface area contributed by atoms with Crippen LogP contribution in [-0.4, -0.2) is 48.5 Å². The van der Waals surface area contributed by atoms with E-state index >= 15 is 0 Å². The summed E-state index contributed by atoms with van der Waals surface area (Å²) in [6.45, 7) is 6.62. The van der Waals surface area contributed by atoms with Crippen LogP contribution in [0.5, 0.6) is 0 Å². The van der Waals surface area contributed by atoms with Crippen LogP contribution in [0.3, 0.4) is 0 Å². The second-order valence-corrected chi connectivity index (χ2v) is 8.44. The fourth-order valence-corrected chi connectivity index (χ4v) is 4.46. The number of nitrogens with one attached hydrogen (secondary N) is 2. The highest BCUT2D eigenvalue weighted by molar-refractivity contribution is 14.0. The Morgan fingerprint density at radius 1 is 1.13 bits per heavy atom. The molecule has 0 bridgehead atoms. The number of halogens is 1. The molecule has 1 amide bonds. The minimum Gasteiger partial charge on any atom is -0.469 e. The maximum absolute atomic E-state index is 12.6.